The van der Waals surface area contributed by atoms with E-state index in [2.05, 4.69) is 21.9 Å². The standard InChI is InChI=1S/C11H9N3S2/c1-7-6-12-11(15-7)16-10-13-8-4-2-3-5-9(8)14-10/h2-6H,1H3,(H,13,14). The number of nitrogens with one attached hydrogen (secondary N) is 1. The van der Waals surface area contributed by atoms with E-state index in [1.54, 1.807) is 23.1 Å². The lowest BCUT2D eigenvalue weighted by Crippen LogP contribution is -1.72. The lowest BCUT2D eigenvalue weighted by Gasteiger charge is -1.88. The fourth-order valence-electron chi connectivity index (χ4n) is 1.44. The first-order valence-corrected chi connectivity index (χ1v) is 6.49. The number of hydrogen-bond donors (Lipinski definition) is 1. The highest BCUT2D eigenvalue weighted by Gasteiger charge is 2.06. The van der Waals surface area contributed by atoms with Crippen LogP contribution in [0.15, 0.2) is 40.0 Å². The second-order valence-electron chi connectivity index (χ2n) is 3.40. The third-order valence-electron chi connectivity index (χ3n) is 2.15. The van der Waals surface area contributed by atoms with Crippen LogP contribution in [-0.4, -0.2) is 15.0 Å². The molecule has 0 saturated carbocycles. The van der Waals surface area contributed by atoms with E-state index < -0.39 is 0 Å². The number of fused-ring (bicyclic) bond motifs is 1. The van der Waals surface area contributed by atoms with Crippen LogP contribution in [0.3, 0.4) is 0 Å². The Hall–Kier alpha value is -1.33. The minimum atomic E-state index is 0.899. The zero-order valence-corrected chi connectivity index (χ0v) is 10.2. The molecule has 2 heterocycles. The van der Waals surface area contributed by atoms with Crippen molar-refractivity contribution in [2.24, 2.45) is 0 Å². The average Bonchev–Trinajstić information content (AvgIpc) is 2.84. The van der Waals surface area contributed by atoms with Gasteiger partial charge in [-0.05, 0) is 30.8 Å². The van der Waals surface area contributed by atoms with E-state index in [0.717, 1.165) is 20.5 Å². The maximum absolute atomic E-state index is 4.49. The van der Waals surface area contributed by atoms with E-state index in [9.17, 15) is 0 Å². The smallest absolute Gasteiger partial charge is 0.173 e. The van der Waals surface area contributed by atoms with Gasteiger partial charge in [-0.1, -0.05) is 12.1 Å². The Morgan fingerprint density at radius 3 is 2.94 bits per heavy atom. The summed E-state index contributed by atoms with van der Waals surface area (Å²) in [6.45, 7) is 2.06. The van der Waals surface area contributed by atoms with Gasteiger partial charge in [0.1, 0.15) is 0 Å². The Labute approximate surface area is 101 Å². The van der Waals surface area contributed by atoms with Crippen LogP contribution in [0.2, 0.25) is 0 Å². The van der Waals surface area contributed by atoms with Crippen LogP contribution in [0.4, 0.5) is 0 Å². The molecule has 0 atom stereocenters. The second-order valence-corrected chi connectivity index (χ2v) is 5.87. The Balaban J connectivity index is 1.95. The van der Waals surface area contributed by atoms with Gasteiger partial charge in [-0.25, -0.2) is 9.97 Å². The van der Waals surface area contributed by atoms with Crippen molar-refractivity contribution in [3.63, 3.8) is 0 Å². The molecule has 0 fully saturated rings. The molecule has 0 aliphatic rings. The lowest BCUT2D eigenvalue weighted by atomic mass is 10.3. The molecular weight excluding hydrogens is 238 g/mol. The molecule has 0 amide bonds. The predicted octanol–water partition coefficient (Wildman–Crippen LogP) is 3.48. The summed E-state index contributed by atoms with van der Waals surface area (Å²) in [6, 6.07) is 8.02. The summed E-state index contributed by atoms with van der Waals surface area (Å²) in [6.07, 6.45) is 1.88. The highest BCUT2D eigenvalue weighted by molar-refractivity contribution is 8.00. The SMILES string of the molecule is Cc1cnc(Sc2nc3ccccc3[nH]2)s1. The molecule has 1 aromatic carbocycles. The molecule has 0 aliphatic heterocycles. The molecule has 2 aromatic heterocycles. The Kier molecular flexibility index (Phi) is 2.41. The number of hydrogen-bond acceptors (Lipinski definition) is 4. The third kappa shape index (κ3) is 1.83. The van der Waals surface area contributed by atoms with Gasteiger partial charge in [-0.15, -0.1) is 11.3 Å². The van der Waals surface area contributed by atoms with Crippen LogP contribution in [0.25, 0.3) is 11.0 Å². The molecule has 16 heavy (non-hydrogen) atoms. The van der Waals surface area contributed by atoms with Crippen LogP contribution >= 0.6 is 23.1 Å². The number of aromatic nitrogens is 3. The lowest BCUT2D eigenvalue weighted by molar-refractivity contribution is 1.07. The van der Waals surface area contributed by atoms with Crippen molar-refractivity contribution < 1.29 is 0 Å². The van der Waals surface area contributed by atoms with Crippen molar-refractivity contribution in [3.05, 3.63) is 35.3 Å². The van der Waals surface area contributed by atoms with Crippen molar-refractivity contribution in [2.75, 3.05) is 0 Å². The molecule has 0 radical (unpaired) electrons. The van der Waals surface area contributed by atoms with Crippen LogP contribution in [0.1, 0.15) is 4.88 Å². The number of nitrogens with zero attached hydrogens (tertiary/aromatic N) is 2. The predicted molar refractivity (Wildman–Crippen MR) is 67.1 cm³/mol. The molecule has 0 aliphatic carbocycles. The van der Waals surface area contributed by atoms with Gasteiger partial charge < -0.3 is 4.98 Å². The number of thiazole rings is 1. The fraction of sp³-hybridized carbons (Fsp3) is 0.0909. The molecule has 0 unspecified atom stereocenters. The highest BCUT2D eigenvalue weighted by Crippen LogP contribution is 2.30. The molecule has 5 heteroatoms. The minimum absolute atomic E-state index is 0.899. The molecule has 1 N–H and O–H groups in total. The molecule has 3 nitrogen and oxygen atoms in total. The Morgan fingerprint density at radius 1 is 1.31 bits per heavy atom. The Bertz CT molecular complexity index is 594. The summed E-state index contributed by atoms with van der Waals surface area (Å²) < 4.78 is 1.02. The van der Waals surface area contributed by atoms with Crippen molar-refractivity contribution in [2.45, 2.75) is 16.4 Å². The highest BCUT2D eigenvalue weighted by atomic mass is 32.2. The van der Waals surface area contributed by atoms with Crippen molar-refractivity contribution in [1.82, 2.24) is 15.0 Å². The van der Waals surface area contributed by atoms with E-state index in [1.165, 1.54) is 4.88 Å². The zero-order valence-electron chi connectivity index (χ0n) is 8.60. The van der Waals surface area contributed by atoms with Crippen molar-refractivity contribution in [1.29, 1.82) is 0 Å². The summed E-state index contributed by atoms with van der Waals surface area (Å²) in [4.78, 5) is 13.3. The van der Waals surface area contributed by atoms with Gasteiger partial charge in [0.05, 0.1) is 11.0 Å². The number of aryl methyl sites for hydroxylation is 1. The summed E-state index contributed by atoms with van der Waals surface area (Å²) in [5.74, 6) is 0. The second kappa shape index (κ2) is 3.92. The molecule has 0 spiro atoms. The molecule has 0 saturated heterocycles. The third-order valence-corrected chi connectivity index (χ3v) is 4.03. The fourth-order valence-corrected chi connectivity index (χ4v) is 3.30. The van der Waals surface area contributed by atoms with Crippen molar-refractivity contribution >= 4 is 34.1 Å². The van der Waals surface area contributed by atoms with E-state index in [-0.39, 0.29) is 0 Å². The Morgan fingerprint density at radius 2 is 2.19 bits per heavy atom. The number of benzene rings is 1. The van der Waals surface area contributed by atoms with E-state index >= 15 is 0 Å². The number of H-pyrrole nitrogens is 1. The normalized spacial score (nSPS) is 11.1. The monoisotopic (exact) mass is 247 g/mol. The van der Waals surface area contributed by atoms with Crippen LogP contribution in [0, 0.1) is 6.92 Å². The maximum Gasteiger partial charge on any atom is 0.173 e. The first-order chi connectivity index (χ1) is 7.81. The summed E-state index contributed by atoms with van der Waals surface area (Å²) >= 11 is 3.26. The number of imidazole rings is 1. The van der Waals surface area contributed by atoms with E-state index in [1.807, 2.05) is 30.5 Å². The van der Waals surface area contributed by atoms with Gasteiger partial charge >= 0.3 is 0 Å². The number of rotatable bonds is 2. The first-order valence-electron chi connectivity index (χ1n) is 4.86. The van der Waals surface area contributed by atoms with Gasteiger partial charge in [0.2, 0.25) is 0 Å². The van der Waals surface area contributed by atoms with Gasteiger partial charge in [0.25, 0.3) is 0 Å². The molecule has 0 bridgehead atoms. The van der Waals surface area contributed by atoms with Crippen LogP contribution in [-0.2, 0) is 0 Å². The van der Waals surface area contributed by atoms with Gasteiger partial charge in [-0.2, -0.15) is 0 Å². The minimum Gasteiger partial charge on any atom is -0.333 e. The van der Waals surface area contributed by atoms with Gasteiger partial charge in [0.15, 0.2) is 9.50 Å². The molecule has 3 rings (SSSR count). The summed E-state index contributed by atoms with van der Waals surface area (Å²) in [5, 5.41) is 0.899. The number of para-hydroxylation sites is 2. The maximum atomic E-state index is 4.49. The average molecular weight is 247 g/mol. The summed E-state index contributed by atoms with van der Waals surface area (Å²) in [5.41, 5.74) is 2.07. The van der Waals surface area contributed by atoms with Crippen LogP contribution in [0.5, 0.6) is 0 Å². The van der Waals surface area contributed by atoms with Gasteiger partial charge in [-0.3, -0.25) is 0 Å². The van der Waals surface area contributed by atoms with E-state index in [0.29, 0.717) is 0 Å². The van der Waals surface area contributed by atoms with E-state index in [4.69, 9.17) is 0 Å². The first kappa shape index (κ1) is 9.86. The summed E-state index contributed by atoms with van der Waals surface area (Å²) in [7, 11) is 0. The zero-order chi connectivity index (χ0) is 11.0. The molecule has 80 valence electrons. The largest absolute Gasteiger partial charge is 0.333 e. The molecular formula is C11H9N3S2. The van der Waals surface area contributed by atoms with Gasteiger partial charge in [0, 0.05) is 11.1 Å². The van der Waals surface area contributed by atoms with Crippen molar-refractivity contribution in [3.8, 4) is 0 Å². The molecule has 3 aromatic rings. The number of aromatic amines is 1. The topological polar surface area (TPSA) is 41.6 Å². The van der Waals surface area contributed by atoms with Crippen LogP contribution < -0.4 is 0 Å². The quantitative estimate of drug-likeness (QED) is 0.753.